The summed E-state index contributed by atoms with van der Waals surface area (Å²) in [5, 5.41) is 13.3. The standard InChI is InChI=1S/C11H14ClNO/c12-9-4-1-2-5-10(9)13-11(8-14)6-3-7-11/h1-2,4-5,13-14H,3,6-8H2. The van der Waals surface area contributed by atoms with Crippen LogP contribution >= 0.6 is 11.6 Å². The fraction of sp³-hybridized carbons (Fsp3) is 0.455. The Morgan fingerprint density at radius 1 is 1.36 bits per heavy atom. The Morgan fingerprint density at radius 3 is 2.57 bits per heavy atom. The van der Waals surface area contributed by atoms with Crippen molar-refractivity contribution in [3.63, 3.8) is 0 Å². The first kappa shape index (κ1) is 9.81. The molecule has 0 amide bonds. The van der Waals surface area contributed by atoms with Gasteiger partial charge in [0.05, 0.1) is 22.9 Å². The summed E-state index contributed by atoms with van der Waals surface area (Å²) in [6.07, 6.45) is 3.22. The number of para-hydroxylation sites is 1. The molecule has 2 rings (SSSR count). The van der Waals surface area contributed by atoms with E-state index in [0.717, 1.165) is 18.5 Å². The van der Waals surface area contributed by atoms with Gasteiger partial charge in [-0.2, -0.15) is 0 Å². The van der Waals surface area contributed by atoms with E-state index in [1.165, 1.54) is 6.42 Å². The van der Waals surface area contributed by atoms with Gasteiger partial charge in [-0.3, -0.25) is 0 Å². The molecule has 2 N–H and O–H groups in total. The zero-order chi connectivity index (χ0) is 10.0. The van der Waals surface area contributed by atoms with Crippen molar-refractivity contribution >= 4 is 17.3 Å². The van der Waals surface area contributed by atoms with Crippen LogP contribution in [0.5, 0.6) is 0 Å². The lowest BCUT2D eigenvalue weighted by Gasteiger charge is -2.42. The number of hydrogen-bond donors (Lipinski definition) is 2. The molecule has 0 radical (unpaired) electrons. The van der Waals surface area contributed by atoms with Crippen LogP contribution in [0.1, 0.15) is 19.3 Å². The molecule has 0 heterocycles. The third-order valence-corrected chi connectivity index (χ3v) is 3.22. The van der Waals surface area contributed by atoms with E-state index in [1.807, 2.05) is 24.3 Å². The Labute approximate surface area is 88.9 Å². The van der Waals surface area contributed by atoms with E-state index in [0.29, 0.717) is 5.02 Å². The number of aliphatic hydroxyl groups is 1. The Balaban J connectivity index is 2.13. The number of nitrogens with one attached hydrogen (secondary N) is 1. The molecule has 0 saturated heterocycles. The highest BCUT2D eigenvalue weighted by Crippen LogP contribution is 2.36. The summed E-state index contributed by atoms with van der Waals surface area (Å²) < 4.78 is 0. The molecule has 2 nitrogen and oxygen atoms in total. The van der Waals surface area contributed by atoms with Gasteiger partial charge >= 0.3 is 0 Å². The third kappa shape index (κ3) is 1.72. The highest BCUT2D eigenvalue weighted by Gasteiger charge is 2.36. The minimum atomic E-state index is -0.120. The van der Waals surface area contributed by atoms with Crippen molar-refractivity contribution in [2.24, 2.45) is 0 Å². The van der Waals surface area contributed by atoms with Crippen molar-refractivity contribution in [3.05, 3.63) is 29.3 Å². The average Bonchev–Trinajstić information content (AvgIpc) is 2.14. The summed E-state index contributed by atoms with van der Waals surface area (Å²) in [5.41, 5.74) is 0.799. The molecular formula is C11H14ClNO. The molecule has 0 unspecified atom stereocenters. The molecule has 1 aromatic rings. The lowest BCUT2D eigenvalue weighted by molar-refractivity contribution is 0.144. The van der Waals surface area contributed by atoms with Crippen molar-refractivity contribution in [2.45, 2.75) is 24.8 Å². The van der Waals surface area contributed by atoms with Gasteiger partial charge in [0.25, 0.3) is 0 Å². The van der Waals surface area contributed by atoms with Gasteiger partial charge in [-0.15, -0.1) is 0 Å². The van der Waals surface area contributed by atoms with Crippen molar-refractivity contribution in [1.82, 2.24) is 0 Å². The summed E-state index contributed by atoms with van der Waals surface area (Å²) in [7, 11) is 0. The molecule has 1 aliphatic carbocycles. The first-order valence-electron chi connectivity index (χ1n) is 4.89. The third-order valence-electron chi connectivity index (χ3n) is 2.89. The van der Waals surface area contributed by atoms with Gasteiger partial charge < -0.3 is 10.4 Å². The number of aliphatic hydroxyl groups excluding tert-OH is 1. The minimum Gasteiger partial charge on any atom is -0.394 e. The fourth-order valence-corrected chi connectivity index (χ4v) is 1.96. The minimum absolute atomic E-state index is 0.120. The van der Waals surface area contributed by atoms with Crippen LogP contribution < -0.4 is 5.32 Å². The molecule has 0 bridgehead atoms. The number of hydrogen-bond acceptors (Lipinski definition) is 2. The molecule has 0 aromatic heterocycles. The Bertz CT molecular complexity index is 317. The SMILES string of the molecule is OCC1(Nc2ccccc2Cl)CCC1. The highest BCUT2D eigenvalue weighted by molar-refractivity contribution is 6.33. The van der Waals surface area contributed by atoms with Crippen molar-refractivity contribution < 1.29 is 5.11 Å². The Hall–Kier alpha value is -0.730. The second-order valence-electron chi connectivity index (χ2n) is 3.90. The highest BCUT2D eigenvalue weighted by atomic mass is 35.5. The lowest BCUT2D eigenvalue weighted by atomic mass is 9.77. The largest absolute Gasteiger partial charge is 0.394 e. The van der Waals surface area contributed by atoms with Gasteiger partial charge in [0, 0.05) is 0 Å². The van der Waals surface area contributed by atoms with Gasteiger partial charge in [0.2, 0.25) is 0 Å². The average molecular weight is 212 g/mol. The van der Waals surface area contributed by atoms with E-state index in [-0.39, 0.29) is 12.1 Å². The van der Waals surface area contributed by atoms with Crippen molar-refractivity contribution in [1.29, 1.82) is 0 Å². The Kier molecular flexibility index (Phi) is 2.66. The van der Waals surface area contributed by atoms with Crippen LogP contribution in [-0.2, 0) is 0 Å². The summed E-state index contributed by atoms with van der Waals surface area (Å²) in [5.74, 6) is 0. The number of benzene rings is 1. The summed E-state index contributed by atoms with van der Waals surface area (Å²) in [6.45, 7) is 0.179. The number of halogens is 1. The predicted molar refractivity (Wildman–Crippen MR) is 58.7 cm³/mol. The van der Waals surface area contributed by atoms with E-state index in [9.17, 15) is 5.11 Å². The first-order valence-corrected chi connectivity index (χ1v) is 5.27. The Morgan fingerprint density at radius 2 is 2.07 bits per heavy atom. The normalized spacial score (nSPS) is 18.7. The smallest absolute Gasteiger partial charge is 0.0661 e. The predicted octanol–water partition coefficient (Wildman–Crippen LogP) is 2.67. The molecule has 1 fully saturated rings. The van der Waals surface area contributed by atoms with Gasteiger partial charge in [-0.05, 0) is 31.4 Å². The topological polar surface area (TPSA) is 32.3 Å². The zero-order valence-electron chi connectivity index (χ0n) is 7.96. The monoisotopic (exact) mass is 211 g/mol. The maximum absolute atomic E-state index is 9.28. The molecule has 0 atom stereocenters. The molecule has 1 aromatic carbocycles. The van der Waals surface area contributed by atoms with E-state index in [1.54, 1.807) is 0 Å². The maximum Gasteiger partial charge on any atom is 0.0661 e. The van der Waals surface area contributed by atoms with Crippen LogP contribution in [0.15, 0.2) is 24.3 Å². The van der Waals surface area contributed by atoms with E-state index in [2.05, 4.69) is 5.32 Å². The molecule has 3 heteroatoms. The van der Waals surface area contributed by atoms with Crippen molar-refractivity contribution in [2.75, 3.05) is 11.9 Å². The van der Waals surface area contributed by atoms with Crippen LogP contribution in [0.2, 0.25) is 5.02 Å². The molecule has 1 saturated carbocycles. The first-order chi connectivity index (χ1) is 6.76. The number of rotatable bonds is 3. The molecule has 76 valence electrons. The van der Waals surface area contributed by atoms with Gasteiger partial charge in [-0.1, -0.05) is 23.7 Å². The second-order valence-corrected chi connectivity index (χ2v) is 4.30. The summed E-state index contributed by atoms with van der Waals surface area (Å²) >= 11 is 6.02. The van der Waals surface area contributed by atoms with E-state index >= 15 is 0 Å². The maximum atomic E-state index is 9.28. The quantitative estimate of drug-likeness (QED) is 0.806. The van der Waals surface area contributed by atoms with E-state index in [4.69, 9.17) is 11.6 Å². The van der Waals surface area contributed by atoms with Gasteiger partial charge in [0.1, 0.15) is 0 Å². The zero-order valence-corrected chi connectivity index (χ0v) is 8.72. The molecule has 0 aliphatic heterocycles. The van der Waals surface area contributed by atoms with Crippen LogP contribution in [0.3, 0.4) is 0 Å². The molecule has 14 heavy (non-hydrogen) atoms. The van der Waals surface area contributed by atoms with Crippen LogP contribution in [-0.4, -0.2) is 17.3 Å². The van der Waals surface area contributed by atoms with Crippen molar-refractivity contribution in [3.8, 4) is 0 Å². The summed E-state index contributed by atoms with van der Waals surface area (Å²) in [4.78, 5) is 0. The number of anilines is 1. The summed E-state index contributed by atoms with van der Waals surface area (Å²) in [6, 6.07) is 7.64. The second kappa shape index (κ2) is 3.79. The van der Waals surface area contributed by atoms with Crippen LogP contribution in [0.25, 0.3) is 0 Å². The van der Waals surface area contributed by atoms with Crippen LogP contribution in [0.4, 0.5) is 5.69 Å². The van der Waals surface area contributed by atoms with Crippen LogP contribution in [0, 0.1) is 0 Å². The van der Waals surface area contributed by atoms with Gasteiger partial charge in [0.15, 0.2) is 0 Å². The molecular weight excluding hydrogens is 198 g/mol. The lowest BCUT2D eigenvalue weighted by Crippen LogP contribution is -2.48. The molecule has 1 aliphatic rings. The van der Waals surface area contributed by atoms with Gasteiger partial charge in [-0.25, -0.2) is 0 Å². The fourth-order valence-electron chi connectivity index (χ4n) is 1.77. The van der Waals surface area contributed by atoms with E-state index < -0.39 is 0 Å². The molecule has 0 spiro atoms.